The Bertz CT molecular complexity index is 710. The summed E-state index contributed by atoms with van der Waals surface area (Å²) in [6.07, 6.45) is 3.43. The fourth-order valence-electron chi connectivity index (χ4n) is 4.27. The minimum atomic E-state index is -0.301. The molecule has 0 bridgehead atoms. The molecule has 3 aliphatic rings. The Balaban J connectivity index is 1.20. The van der Waals surface area contributed by atoms with Crippen LogP contribution in [-0.4, -0.2) is 66.5 Å². The third kappa shape index (κ3) is 3.86. The van der Waals surface area contributed by atoms with Crippen LogP contribution >= 0.6 is 0 Å². The zero-order chi connectivity index (χ0) is 19.7. The summed E-state index contributed by atoms with van der Waals surface area (Å²) in [4.78, 5) is 26.8. The van der Waals surface area contributed by atoms with E-state index in [4.69, 9.17) is 14.0 Å². The van der Waals surface area contributed by atoms with E-state index in [-0.39, 0.29) is 36.1 Å². The van der Waals surface area contributed by atoms with E-state index in [2.05, 4.69) is 15.8 Å². The van der Waals surface area contributed by atoms with Gasteiger partial charge in [-0.25, -0.2) is 4.79 Å². The lowest BCUT2D eigenvalue weighted by Gasteiger charge is -2.53. The van der Waals surface area contributed by atoms with Gasteiger partial charge in [-0.15, -0.1) is 0 Å². The zero-order valence-electron chi connectivity index (χ0n) is 16.4. The van der Waals surface area contributed by atoms with Crippen LogP contribution in [0.25, 0.3) is 0 Å². The number of rotatable bonds is 4. The minimum absolute atomic E-state index is 0.0306. The van der Waals surface area contributed by atoms with Gasteiger partial charge < -0.3 is 29.5 Å². The summed E-state index contributed by atoms with van der Waals surface area (Å²) >= 11 is 0. The van der Waals surface area contributed by atoms with E-state index in [0.717, 1.165) is 25.7 Å². The number of anilines is 1. The average Bonchev–Trinajstić information content (AvgIpc) is 3.00. The van der Waals surface area contributed by atoms with Crippen molar-refractivity contribution in [3.05, 3.63) is 11.5 Å². The van der Waals surface area contributed by atoms with Gasteiger partial charge in [-0.1, -0.05) is 5.16 Å². The molecule has 0 saturated carbocycles. The second kappa shape index (κ2) is 8.08. The highest BCUT2D eigenvalue weighted by molar-refractivity contribution is 5.90. The maximum absolute atomic E-state index is 12.7. The molecule has 0 aliphatic carbocycles. The van der Waals surface area contributed by atoms with Gasteiger partial charge in [0, 0.05) is 32.2 Å². The van der Waals surface area contributed by atoms with Crippen molar-refractivity contribution in [2.75, 3.05) is 31.6 Å². The van der Waals surface area contributed by atoms with Crippen LogP contribution in [0.4, 0.5) is 10.5 Å². The van der Waals surface area contributed by atoms with E-state index in [9.17, 15) is 9.59 Å². The Morgan fingerprint density at radius 1 is 1.18 bits per heavy atom. The number of aromatic nitrogens is 1. The topological polar surface area (TPSA) is 106 Å². The van der Waals surface area contributed by atoms with Gasteiger partial charge in [-0.3, -0.25) is 4.79 Å². The Morgan fingerprint density at radius 3 is 2.64 bits per heavy atom. The molecule has 2 N–H and O–H groups in total. The highest BCUT2D eigenvalue weighted by Gasteiger charge is 2.47. The second-order valence-electron chi connectivity index (χ2n) is 7.85. The molecule has 1 aromatic heterocycles. The van der Waals surface area contributed by atoms with Crippen molar-refractivity contribution in [2.45, 2.75) is 57.8 Å². The molecule has 4 heterocycles. The maximum atomic E-state index is 12.7. The van der Waals surface area contributed by atoms with Crippen LogP contribution in [0.15, 0.2) is 4.52 Å². The van der Waals surface area contributed by atoms with Crippen LogP contribution in [0, 0.1) is 19.8 Å². The molecule has 3 amide bonds. The first-order valence-corrected chi connectivity index (χ1v) is 10.0. The largest absolute Gasteiger partial charge is 0.381 e. The Labute approximate surface area is 164 Å². The van der Waals surface area contributed by atoms with E-state index in [1.54, 1.807) is 13.8 Å². The number of carbonyl (C=O) groups is 2. The summed E-state index contributed by atoms with van der Waals surface area (Å²) in [5.41, 5.74) is 1.25. The molecule has 3 saturated heterocycles. The first-order chi connectivity index (χ1) is 13.5. The number of urea groups is 1. The molecule has 0 aromatic carbocycles. The molecule has 4 rings (SSSR count). The van der Waals surface area contributed by atoms with Crippen molar-refractivity contribution < 1.29 is 23.6 Å². The van der Waals surface area contributed by atoms with Crippen molar-refractivity contribution in [2.24, 2.45) is 5.92 Å². The van der Waals surface area contributed by atoms with Crippen LogP contribution in [0.2, 0.25) is 0 Å². The molecule has 154 valence electrons. The van der Waals surface area contributed by atoms with Gasteiger partial charge >= 0.3 is 6.03 Å². The van der Waals surface area contributed by atoms with Crippen molar-refractivity contribution in [3.63, 3.8) is 0 Å². The quantitative estimate of drug-likeness (QED) is 0.806. The molecule has 3 fully saturated rings. The van der Waals surface area contributed by atoms with E-state index in [0.29, 0.717) is 43.4 Å². The van der Waals surface area contributed by atoms with E-state index >= 15 is 0 Å². The molecule has 0 unspecified atom stereocenters. The number of aryl methyl sites for hydroxylation is 2. The molecule has 3 atom stereocenters. The van der Waals surface area contributed by atoms with E-state index in [1.165, 1.54) is 0 Å². The Hall–Kier alpha value is -2.13. The molecule has 3 aliphatic heterocycles. The zero-order valence-corrected chi connectivity index (χ0v) is 16.4. The Kier molecular flexibility index (Phi) is 5.54. The van der Waals surface area contributed by atoms with Gasteiger partial charge in [0.05, 0.1) is 18.2 Å². The molecule has 1 aromatic rings. The Morgan fingerprint density at radius 2 is 1.96 bits per heavy atom. The van der Waals surface area contributed by atoms with Crippen LogP contribution in [-0.2, 0) is 14.3 Å². The number of fused-ring (bicyclic) bond motifs is 1. The predicted molar refractivity (Wildman–Crippen MR) is 99.9 cm³/mol. The van der Waals surface area contributed by atoms with Gasteiger partial charge in [0.15, 0.2) is 5.76 Å². The van der Waals surface area contributed by atoms with Crippen LogP contribution < -0.4 is 10.6 Å². The number of ether oxygens (including phenoxy) is 2. The third-order valence-corrected chi connectivity index (χ3v) is 5.97. The fraction of sp³-hybridized carbons (Fsp3) is 0.737. The number of hydrogen-bond donors (Lipinski definition) is 2. The van der Waals surface area contributed by atoms with Crippen LogP contribution in [0.5, 0.6) is 0 Å². The van der Waals surface area contributed by atoms with Crippen molar-refractivity contribution in [1.29, 1.82) is 0 Å². The molecule has 0 radical (unpaired) electrons. The highest BCUT2D eigenvalue weighted by Crippen LogP contribution is 2.34. The molecule has 9 heteroatoms. The summed E-state index contributed by atoms with van der Waals surface area (Å²) < 4.78 is 16.5. The number of nitrogens with one attached hydrogen (secondary N) is 2. The lowest BCUT2D eigenvalue weighted by Crippen LogP contribution is -2.67. The molecular formula is C19H28N4O5. The average molecular weight is 392 g/mol. The van der Waals surface area contributed by atoms with Gasteiger partial charge in [0.2, 0.25) is 5.91 Å². The highest BCUT2D eigenvalue weighted by atomic mass is 16.5. The van der Waals surface area contributed by atoms with Crippen molar-refractivity contribution in [1.82, 2.24) is 15.4 Å². The summed E-state index contributed by atoms with van der Waals surface area (Å²) in [6, 6.07) is -0.118. The van der Waals surface area contributed by atoms with Gasteiger partial charge in [0.25, 0.3) is 0 Å². The minimum Gasteiger partial charge on any atom is -0.381 e. The smallest absolute Gasteiger partial charge is 0.319 e. The fourth-order valence-corrected chi connectivity index (χ4v) is 4.27. The molecule has 28 heavy (non-hydrogen) atoms. The molecule has 0 spiro atoms. The number of likely N-dealkylation sites (tertiary alicyclic amines) is 1. The number of nitrogens with zero attached hydrogens (tertiary/aromatic N) is 2. The number of carbonyl (C=O) groups excluding carboxylic acids is 2. The SMILES string of the molecule is Cc1noc(C)c1NC(=O)NC[C@@H]1CC[C@H]2[C@H](CN2C(=O)C2CCOCC2)O1. The predicted octanol–water partition coefficient (Wildman–Crippen LogP) is 1.60. The first kappa shape index (κ1) is 19.2. The lowest BCUT2D eigenvalue weighted by molar-refractivity contribution is -0.186. The third-order valence-electron chi connectivity index (χ3n) is 5.97. The summed E-state index contributed by atoms with van der Waals surface area (Å²) in [5, 5.41) is 9.44. The van der Waals surface area contributed by atoms with E-state index in [1.807, 2.05) is 4.90 Å². The van der Waals surface area contributed by atoms with Crippen LogP contribution in [0.1, 0.15) is 37.1 Å². The van der Waals surface area contributed by atoms with Crippen molar-refractivity contribution in [3.8, 4) is 0 Å². The normalized spacial score (nSPS) is 27.6. The standard InChI is InChI=1S/C19H28N4O5/c1-11-17(12(2)28-22-11)21-19(25)20-9-14-3-4-15-16(27-14)10-23(15)18(24)13-5-7-26-8-6-13/h13-16H,3-10H2,1-2H3,(H2,20,21,25)/t14-,15-,16-/m0/s1. The molecular weight excluding hydrogens is 364 g/mol. The maximum Gasteiger partial charge on any atom is 0.319 e. The van der Waals surface area contributed by atoms with Gasteiger partial charge in [-0.05, 0) is 39.5 Å². The molecule has 9 nitrogen and oxygen atoms in total. The van der Waals surface area contributed by atoms with Crippen molar-refractivity contribution >= 4 is 17.6 Å². The monoisotopic (exact) mass is 392 g/mol. The van der Waals surface area contributed by atoms with Crippen LogP contribution in [0.3, 0.4) is 0 Å². The summed E-state index contributed by atoms with van der Waals surface area (Å²) in [7, 11) is 0. The summed E-state index contributed by atoms with van der Waals surface area (Å²) in [6.45, 7) is 5.98. The lowest BCUT2D eigenvalue weighted by atomic mass is 9.87. The first-order valence-electron chi connectivity index (χ1n) is 10.0. The van der Waals surface area contributed by atoms with Gasteiger partial charge in [-0.2, -0.15) is 0 Å². The van der Waals surface area contributed by atoms with E-state index < -0.39 is 0 Å². The van der Waals surface area contributed by atoms with Gasteiger partial charge in [0.1, 0.15) is 11.4 Å². The number of amides is 3. The summed E-state index contributed by atoms with van der Waals surface area (Å²) in [5.74, 6) is 0.929. The number of hydrogen-bond acceptors (Lipinski definition) is 6. The second-order valence-corrected chi connectivity index (χ2v) is 7.85.